The molecule has 3 aromatic rings. The molecular formula is C25H23Cl2N3O3S. The SMILES string of the molecule is O=C(c1ccc(Cl)cc1)N1CCc2cc(S(=O)(=O)N3CCN(c4cccc(Cl)c4)CC3)ccc21. The Labute approximate surface area is 209 Å². The minimum absolute atomic E-state index is 0.122. The summed E-state index contributed by atoms with van der Waals surface area (Å²) in [4.78, 5) is 17.1. The van der Waals surface area contributed by atoms with Crippen LogP contribution in [0.25, 0.3) is 0 Å². The van der Waals surface area contributed by atoms with Gasteiger partial charge >= 0.3 is 0 Å². The van der Waals surface area contributed by atoms with E-state index in [1.165, 1.54) is 4.31 Å². The van der Waals surface area contributed by atoms with Crippen molar-refractivity contribution in [3.8, 4) is 0 Å². The van der Waals surface area contributed by atoms with E-state index in [1.807, 2.05) is 24.3 Å². The van der Waals surface area contributed by atoms with Crippen LogP contribution < -0.4 is 9.80 Å². The van der Waals surface area contributed by atoms with E-state index < -0.39 is 10.0 Å². The van der Waals surface area contributed by atoms with E-state index >= 15 is 0 Å². The zero-order valence-corrected chi connectivity index (χ0v) is 20.7. The first-order valence-electron chi connectivity index (χ1n) is 11.0. The Balaban J connectivity index is 1.31. The second-order valence-electron chi connectivity index (χ2n) is 8.38. The molecule has 0 aliphatic carbocycles. The third-order valence-corrected chi connectivity index (χ3v) is 8.71. The summed E-state index contributed by atoms with van der Waals surface area (Å²) < 4.78 is 28.2. The third-order valence-electron chi connectivity index (χ3n) is 6.33. The molecule has 0 atom stereocenters. The topological polar surface area (TPSA) is 60.9 Å². The van der Waals surface area contributed by atoms with Crippen LogP contribution >= 0.6 is 23.2 Å². The minimum Gasteiger partial charge on any atom is -0.369 e. The molecule has 1 amide bonds. The maximum Gasteiger partial charge on any atom is 0.258 e. The fraction of sp³-hybridized carbons (Fsp3) is 0.240. The number of benzene rings is 3. The van der Waals surface area contributed by atoms with Crippen molar-refractivity contribution in [2.45, 2.75) is 11.3 Å². The van der Waals surface area contributed by atoms with Gasteiger partial charge in [0.05, 0.1) is 4.90 Å². The van der Waals surface area contributed by atoms with E-state index in [4.69, 9.17) is 23.2 Å². The van der Waals surface area contributed by atoms with Gasteiger partial charge in [0.1, 0.15) is 0 Å². The van der Waals surface area contributed by atoms with Gasteiger partial charge in [0, 0.05) is 59.7 Å². The number of amides is 1. The van der Waals surface area contributed by atoms with Gasteiger partial charge in [-0.3, -0.25) is 4.79 Å². The fourth-order valence-corrected chi connectivity index (χ4v) is 6.29. The highest BCUT2D eigenvalue weighted by molar-refractivity contribution is 7.89. The van der Waals surface area contributed by atoms with E-state index in [0.29, 0.717) is 54.8 Å². The lowest BCUT2D eigenvalue weighted by molar-refractivity contribution is 0.0989. The molecule has 3 aromatic carbocycles. The van der Waals surface area contributed by atoms with E-state index in [1.54, 1.807) is 47.4 Å². The minimum atomic E-state index is -3.63. The van der Waals surface area contributed by atoms with Crippen LogP contribution in [-0.2, 0) is 16.4 Å². The predicted molar refractivity (Wildman–Crippen MR) is 136 cm³/mol. The van der Waals surface area contributed by atoms with Crippen LogP contribution in [0.2, 0.25) is 10.0 Å². The summed E-state index contributed by atoms with van der Waals surface area (Å²) in [6, 6.07) is 19.4. The van der Waals surface area contributed by atoms with Crippen molar-refractivity contribution in [3.63, 3.8) is 0 Å². The highest BCUT2D eigenvalue weighted by Crippen LogP contribution is 2.33. The number of hydrogen-bond donors (Lipinski definition) is 0. The van der Waals surface area contributed by atoms with Crippen LogP contribution in [0.4, 0.5) is 11.4 Å². The van der Waals surface area contributed by atoms with Crippen LogP contribution in [0, 0.1) is 0 Å². The second kappa shape index (κ2) is 9.23. The first-order valence-corrected chi connectivity index (χ1v) is 13.2. The molecule has 1 saturated heterocycles. The Hall–Kier alpha value is -2.58. The first-order chi connectivity index (χ1) is 16.3. The molecule has 2 heterocycles. The smallest absolute Gasteiger partial charge is 0.258 e. The average molecular weight is 516 g/mol. The largest absolute Gasteiger partial charge is 0.369 e. The molecule has 5 rings (SSSR count). The molecule has 0 bridgehead atoms. The number of sulfonamides is 1. The zero-order chi connectivity index (χ0) is 23.9. The van der Waals surface area contributed by atoms with Gasteiger partial charge in [-0.2, -0.15) is 4.31 Å². The van der Waals surface area contributed by atoms with Gasteiger partial charge in [-0.25, -0.2) is 8.42 Å². The number of halogens is 2. The van der Waals surface area contributed by atoms with Gasteiger partial charge in [-0.1, -0.05) is 29.3 Å². The summed E-state index contributed by atoms with van der Waals surface area (Å²) in [7, 11) is -3.63. The molecule has 176 valence electrons. The molecular weight excluding hydrogens is 493 g/mol. The molecule has 0 N–H and O–H groups in total. The van der Waals surface area contributed by atoms with Crippen LogP contribution in [0.15, 0.2) is 71.6 Å². The maximum absolute atomic E-state index is 13.3. The van der Waals surface area contributed by atoms with Gasteiger partial charge in [-0.15, -0.1) is 0 Å². The highest BCUT2D eigenvalue weighted by atomic mass is 35.5. The Bertz CT molecular complexity index is 1340. The molecule has 2 aliphatic rings. The molecule has 9 heteroatoms. The normalized spacial score (nSPS) is 16.5. The fourth-order valence-electron chi connectivity index (χ4n) is 4.51. The van der Waals surface area contributed by atoms with Gasteiger partial charge < -0.3 is 9.80 Å². The molecule has 0 radical (unpaired) electrons. The number of nitrogens with zero attached hydrogens (tertiary/aromatic N) is 3. The second-order valence-corrected chi connectivity index (χ2v) is 11.2. The van der Waals surface area contributed by atoms with Gasteiger partial charge in [0.15, 0.2) is 0 Å². The molecule has 0 unspecified atom stereocenters. The molecule has 6 nitrogen and oxygen atoms in total. The van der Waals surface area contributed by atoms with Crippen molar-refractivity contribution in [2.24, 2.45) is 0 Å². The Kier molecular flexibility index (Phi) is 6.29. The monoisotopic (exact) mass is 515 g/mol. The quantitative estimate of drug-likeness (QED) is 0.504. The van der Waals surface area contributed by atoms with Crippen molar-refractivity contribution >= 4 is 50.5 Å². The van der Waals surface area contributed by atoms with E-state index in [9.17, 15) is 13.2 Å². The lowest BCUT2D eigenvalue weighted by Crippen LogP contribution is -2.48. The molecule has 0 aromatic heterocycles. The number of carbonyl (C=O) groups excluding carboxylic acids is 1. The van der Waals surface area contributed by atoms with E-state index in [-0.39, 0.29) is 10.8 Å². The summed E-state index contributed by atoms with van der Waals surface area (Å²) in [6.07, 6.45) is 0.612. The molecule has 2 aliphatic heterocycles. The first kappa shape index (κ1) is 23.2. The number of rotatable bonds is 4. The molecule has 34 heavy (non-hydrogen) atoms. The number of anilines is 2. The predicted octanol–water partition coefficient (Wildman–Crippen LogP) is 4.71. The van der Waals surface area contributed by atoms with Crippen LogP contribution in [0.3, 0.4) is 0 Å². The number of fused-ring (bicyclic) bond motifs is 1. The van der Waals surface area contributed by atoms with Gasteiger partial charge in [0.25, 0.3) is 5.91 Å². The van der Waals surface area contributed by atoms with Crippen molar-refractivity contribution in [1.82, 2.24) is 4.31 Å². The summed E-state index contributed by atoms with van der Waals surface area (Å²) in [5.41, 5.74) is 3.16. The van der Waals surface area contributed by atoms with E-state index in [2.05, 4.69) is 4.90 Å². The van der Waals surface area contributed by atoms with Crippen molar-refractivity contribution < 1.29 is 13.2 Å². The number of hydrogen-bond acceptors (Lipinski definition) is 4. The maximum atomic E-state index is 13.3. The molecule has 0 saturated carbocycles. The van der Waals surface area contributed by atoms with Crippen LogP contribution in [0.1, 0.15) is 15.9 Å². The van der Waals surface area contributed by atoms with Crippen LogP contribution in [-0.4, -0.2) is 51.4 Å². The summed E-state index contributed by atoms with van der Waals surface area (Å²) in [5, 5.41) is 1.23. The lowest BCUT2D eigenvalue weighted by Gasteiger charge is -2.35. The van der Waals surface area contributed by atoms with Crippen molar-refractivity contribution in [1.29, 1.82) is 0 Å². The average Bonchev–Trinajstić information content (AvgIpc) is 3.27. The Morgan fingerprint density at radius 2 is 1.53 bits per heavy atom. The summed E-state index contributed by atoms with van der Waals surface area (Å²) in [6.45, 7) is 2.49. The zero-order valence-electron chi connectivity index (χ0n) is 18.3. The van der Waals surface area contributed by atoms with E-state index in [0.717, 1.165) is 16.9 Å². The number of carbonyl (C=O) groups is 1. The summed E-state index contributed by atoms with van der Waals surface area (Å²) >= 11 is 12.0. The Morgan fingerprint density at radius 1 is 0.794 bits per heavy atom. The van der Waals surface area contributed by atoms with Crippen molar-refractivity contribution in [2.75, 3.05) is 42.5 Å². The third kappa shape index (κ3) is 4.41. The lowest BCUT2D eigenvalue weighted by atomic mass is 10.1. The number of piperazine rings is 1. The molecule has 0 spiro atoms. The standard InChI is InChI=1S/C25H23Cl2N3O3S/c26-20-6-4-18(5-7-20)25(31)30-11-10-19-16-23(8-9-24(19)30)34(32,33)29-14-12-28(13-15-29)22-3-1-2-21(27)17-22/h1-9,16-17H,10-15H2. The van der Waals surface area contributed by atoms with Crippen molar-refractivity contribution in [3.05, 3.63) is 87.9 Å². The van der Waals surface area contributed by atoms with Gasteiger partial charge in [-0.05, 0) is 72.6 Å². The Morgan fingerprint density at radius 3 is 2.24 bits per heavy atom. The van der Waals surface area contributed by atoms with Crippen LogP contribution in [0.5, 0.6) is 0 Å². The highest BCUT2D eigenvalue weighted by Gasteiger charge is 2.31. The molecule has 1 fully saturated rings. The van der Waals surface area contributed by atoms with Gasteiger partial charge in [0.2, 0.25) is 10.0 Å². The summed E-state index contributed by atoms with van der Waals surface area (Å²) in [5.74, 6) is -0.122.